The molecule has 2 nitrogen and oxygen atoms in total. The molecule has 0 unspecified atom stereocenters. The molecule has 0 saturated heterocycles. The van der Waals surface area contributed by atoms with Gasteiger partial charge in [0.1, 0.15) is 0 Å². The van der Waals surface area contributed by atoms with Crippen molar-refractivity contribution in [2.24, 2.45) is 0 Å². The molecule has 3 heterocycles. The molecule has 1 aliphatic carbocycles. The third-order valence-electron chi connectivity index (χ3n) is 14.1. The maximum atomic E-state index is 2.68. The van der Waals surface area contributed by atoms with Crippen molar-refractivity contribution in [1.82, 2.24) is 0 Å². The van der Waals surface area contributed by atoms with Crippen LogP contribution in [-0.4, -0.2) is 6.71 Å². The molecule has 0 fully saturated rings. The molecule has 0 spiro atoms. The standard InChI is InChI=1S/C54H57BN2S/c1-32-17-13-15-19-42(32)56-45-31-49-37(36-18-14-16-20-48(36)58-49)29-41(45)55-40-26-34(51(3,4)5)21-22-43(40)57(47-28-35(52(6,7)8)27-46(56)50(47)55)44-30-39-38(25-33(44)2)53(9,10)23-24-54(39,11)12/h13-22,25-31H,23-24H2,1-12H3. The Morgan fingerprint density at radius 1 is 0.500 bits per heavy atom. The molecule has 0 bridgehead atoms. The maximum Gasteiger partial charge on any atom is 0.252 e. The second kappa shape index (κ2) is 12.4. The van der Waals surface area contributed by atoms with Gasteiger partial charge in [-0.2, -0.15) is 0 Å². The Balaban J connectivity index is 1.37. The van der Waals surface area contributed by atoms with Gasteiger partial charge in [-0.05, 0) is 146 Å². The molecule has 0 amide bonds. The normalized spacial score (nSPS) is 16.7. The fraction of sp³-hybridized carbons (Fsp3) is 0.333. The lowest BCUT2D eigenvalue weighted by atomic mass is 9.33. The minimum atomic E-state index is -0.0763. The molecular weight excluding hydrogens is 719 g/mol. The van der Waals surface area contributed by atoms with Gasteiger partial charge in [0.05, 0.1) is 0 Å². The number of benzene rings is 6. The largest absolute Gasteiger partial charge is 0.311 e. The number of hydrogen-bond acceptors (Lipinski definition) is 3. The number of hydrogen-bond donors (Lipinski definition) is 0. The third-order valence-corrected chi connectivity index (χ3v) is 15.2. The van der Waals surface area contributed by atoms with E-state index >= 15 is 0 Å². The lowest BCUT2D eigenvalue weighted by molar-refractivity contribution is 0.332. The Bertz CT molecular complexity index is 2860. The molecule has 7 aromatic rings. The highest BCUT2D eigenvalue weighted by Gasteiger charge is 2.46. The molecule has 0 N–H and O–H groups in total. The Labute approximate surface area is 351 Å². The molecule has 6 aromatic carbocycles. The lowest BCUT2D eigenvalue weighted by Gasteiger charge is -2.47. The summed E-state index contributed by atoms with van der Waals surface area (Å²) < 4.78 is 2.68. The van der Waals surface area contributed by atoms with Crippen molar-refractivity contribution < 1.29 is 0 Å². The highest BCUT2D eigenvalue weighted by molar-refractivity contribution is 7.26. The highest BCUT2D eigenvalue weighted by Crippen LogP contribution is 2.52. The molecule has 0 saturated carbocycles. The Morgan fingerprint density at radius 2 is 1.10 bits per heavy atom. The SMILES string of the molecule is Cc1ccccc1N1c2cc3sc4ccccc4c3cc2B2c3cc(C(C)(C)C)ccc3N(c3cc4c(cc3C)C(C)(C)CCC4(C)C)c3cc(C(C)(C)C)cc1c32. The van der Waals surface area contributed by atoms with Gasteiger partial charge in [0.2, 0.25) is 0 Å². The van der Waals surface area contributed by atoms with Gasteiger partial charge >= 0.3 is 0 Å². The van der Waals surface area contributed by atoms with Crippen LogP contribution in [0.3, 0.4) is 0 Å². The average molecular weight is 777 g/mol. The first-order valence-electron chi connectivity index (χ1n) is 21.4. The second-order valence-electron chi connectivity index (χ2n) is 21.0. The van der Waals surface area contributed by atoms with Crippen molar-refractivity contribution in [1.29, 1.82) is 0 Å². The van der Waals surface area contributed by atoms with E-state index in [-0.39, 0.29) is 28.4 Å². The van der Waals surface area contributed by atoms with E-state index in [9.17, 15) is 0 Å². The number of nitrogens with zero attached hydrogens (tertiary/aromatic N) is 2. The molecule has 0 atom stereocenters. The zero-order chi connectivity index (χ0) is 40.8. The van der Waals surface area contributed by atoms with Gasteiger partial charge in [-0.3, -0.25) is 0 Å². The topological polar surface area (TPSA) is 6.48 Å². The van der Waals surface area contributed by atoms with Crippen molar-refractivity contribution in [3.05, 3.63) is 137 Å². The van der Waals surface area contributed by atoms with E-state index in [0.29, 0.717) is 0 Å². The molecule has 2 aliphatic heterocycles. The van der Waals surface area contributed by atoms with Crippen LogP contribution in [-0.2, 0) is 21.7 Å². The van der Waals surface area contributed by atoms with Crippen LogP contribution in [0.5, 0.6) is 0 Å². The highest BCUT2D eigenvalue weighted by atomic mass is 32.1. The van der Waals surface area contributed by atoms with Crippen LogP contribution in [0.1, 0.15) is 115 Å². The van der Waals surface area contributed by atoms with Crippen LogP contribution in [0.2, 0.25) is 0 Å². The lowest BCUT2D eigenvalue weighted by Crippen LogP contribution is -2.61. The van der Waals surface area contributed by atoms with E-state index in [4.69, 9.17) is 0 Å². The first-order chi connectivity index (χ1) is 27.3. The van der Waals surface area contributed by atoms with Crippen molar-refractivity contribution in [2.75, 3.05) is 9.80 Å². The number of aryl methyl sites for hydroxylation is 2. The maximum absolute atomic E-state index is 2.68. The van der Waals surface area contributed by atoms with Crippen molar-refractivity contribution >= 4 is 88.7 Å². The number of thiophene rings is 1. The van der Waals surface area contributed by atoms with Gasteiger partial charge in [0.15, 0.2) is 0 Å². The van der Waals surface area contributed by atoms with E-state index < -0.39 is 0 Å². The van der Waals surface area contributed by atoms with Crippen LogP contribution in [0, 0.1) is 13.8 Å². The summed E-state index contributed by atoms with van der Waals surface area (Å²) in [4.78, 5) is 5.31. The minimum Gasteiger partial charge on any atom is -0.311 e. The molecule has 3 aliphatic rings. The molecule has 292 valence electrons. The van der Waals surface area contributed by atoms with Crippen molar-refractivity contribution in [3.63, 3.8) is 0 Å². The Hall–Kier alpha value is -4.80. The van der Waals surface area contributed by atoms with Gasteiger partial charge in [-0.1, -0.05) is 130 Å². The van der Waals surface area contributed by atoms with E-state index in [1.54, 1.807) is 0 Å². The summed E-state index contributed by atoms with van der Waals surface area (Å²) in [5.41, 5.74) is 20.4. The monoisotopic (exact) mass is 776 g/mol. The second-order valence-corrected chi connectivity index (χ2v) is 22.1. The summed E-state index contributed by atoms with van der Waals surface area (Å²) in [5.74, 6) is 0. The smallest absolute Gasteiger partial charge is 0.252 e. The van der Waals surface area contributed by atoms with Crippen LogP contribution < -0.4 is 26.2 Å². The molecule has 4 heteroatoms. The van der Waals surface area contributed by atoms with E-state index in [1.807, 2.05) is 11.3 Å². The van der Waals surface area contributed by atoms with Gasteiger partial charge in [0, 0.05) is 48.9 Å². The predicted molar refractivity (Wildman–Crippen MR) is 256 cm³/mol. The summed E-state index contributed by atoms with van der Waals surface area (Å²) in [7, 11) is 0. The molecule has 1 aromatic heterocycles. The summed E-state index contributed by atoms with van der Waals surface area (Å²) in [5, 5.41) is 2.70. The van der Waals surface area contributed by atoms with Gasteiger partial charge < -0.3 is 9.80 Å². The zero-order valence-corrected chi connectivity index (χ0v) is 37.4. The fourth-order valence-corrected chi connectivity index (χ4v) is 11.5. The van der Waals surface area contributed by atoms with Crippen LogP contribution in [0.15, 0.2) is 103 Å². The van der Waals surface area contributed by atoms with Gasteiger partial charge in [-0.15, -0.1) is 11.3 Å². The van der Waals surface area contributed by atoms with E-state index in [0.717, 1.165) is 0 Å². The van der Waals surface area contributed by atoms with Crippen molar-refractivity contribution in [3.8, 4) is 0 Å². The summed E-state index contributed by atoms with van der Waals surface area (Å²) in [6.07, 6.45) is 2.39. The predicted octanol–water partition coefficient (Wildman–Crippen LogP) is 13.7. The number of anilines is 6. The first kappa shape index (κ1) is 37.5. The van der Waals surface area contributed by atoms with Gasteiger partial charge in [0.25, 0.3) is 6.71 Å². The van der Waals surface area contributed by atoms with Crippen LogP contribution in [0.25, 0.3) is 20.2 Å². The Morgan fingerprint density at radius 3 is 1.78 bits per heavy atom. The van der Waals surface area contributed by atoms with Gasteiger partial charge in [-0.25, -0.2) is 0 Å². The van der Waals surface area contributed by atoms with E-state index in [2.05, 4.69) is 196 Å². The summed E-state index contributed by atoms with van der Waals surface area (Å²) >= 11 is 1.92. The summed E-state index contributed by atoms with van der Waals surface area (Å²) in [6, 6.07) is 40.7. The fourth-order valence-electron chi connectivity index (χ4n) is 10.4. The molecular formula is C54H57BN2S. The molecule has 58 heavy (non-hydrogen) atoms. The number of rotatable bonds is 2. The average Bonchev–Trinajstić information content (AvgIpc) is 3.53. The molecule has 10 rings (SSSR count). The Kier molecular flexibility index (Phi) is 7.99. The zero-order valence-electron chi connectivity index (χ0n) is 36.6. The van der Waals surface area contributed by atoms with E-state index in [1.165, 1.54) is 117 Å². The van der Waals surface area contributed by atoms with Crippen LogP contribution in [0.4, 0.5) is 34.1 Å². The first-order valence-corrected chi connectivity index (χ1v) is 22.2. The van der Waals surface area contributed by atoms with Crippen molar-refractivity contribution in [2.45, 2.75) is 118 Å². The summed E-state index contributed by atoms with van der Waals surface area (Å²) in [6.45, 7) is 28.7. The number of fused-ring (bicyclic) bond motifs is 8. The van der Waals surface area contributed by atoms with Crippen LogP contribution >= 0.6 is 11.3 Å². The quantitative estimate of drug-likeness (QED) is 0.161. The minimum absolute atomic E-state index is 0.00536. The third kappa shape index (κ3) is 5.50. The number of para-hydroxylation sites is 1. The molecule has 0 radical (unpaired) electrons.